The van der Waals surface area contributed by atoms with Crippen LogP contribution in [0.5, 0.6) is 5.75 Å². The number of nitrogens with zero attached hydrogens (tertiary/aromatic N) is 4. The minimum absolute atomic E-state index is 0.0956. The average molecular weight is 364 g/mol. The van der Waals surface area contributed by atoms with Gasteiger partial charge in [-0.25, -0.2) is 4.98 Å². The second-order valence-electron chi connectivity index (χ2n) is 6.67. The van der Waals surface area contributed by atoms with E-state index in [0.29, 0.717) is 6.61 Å². The first kappa shape index (κ1) is 17.7. The number of ether oxygens (including phenoxy) is 2. The van der Waals surface area contributed by atoms with Crippen LogP contribution in [0.1, 0.15) is 17.2 Å². The third kappa shape index (κ3) is 4.93. The monoisotopic (exact) mass is 364 g/mol. The summed E-state index contributed by atoms with van der Waals surface area (Å²) in [6.45, 7) is 4.91. The third-order valence-corrected chi connectivity index (χ3v) is 4.71. The molecule has 0 unspecified atom stereocenters. The van der Waals surface area contributed by atoms with Gasteiger partial charge in [0.2, 0.25) is 0 Å². The van der Waals surface area contributed by atoms with Crippen molar-refractivity contribution in [2.75, 3.05) is 26.3 Å². The molecule has 0 aliphatic carbocycles. The lowest BCUT2D eigenvalue weighted by molar-refractivity contribution is -0.0330. The Bertz CT molecular complexity index is 806. The molecule has 3 aromatic rings. The zero-order valence-electron chi connectivity index (χ0n) is 15.3. The standard InChI is InChI=1S/C21H24N4O2/c1-2-19(14-22-7-1)21-16-25(11-13-27-21)15-18-3-5-20(6-4-18)26-12-10-24-9-8-23-17-24/h1-9,14,17,21H,10-13,15-16H2/t21-/m1/s1. The van der Waals surface area contributed by atoms with Gasteiger partial charge in [-0.15, -0.1) is 0 Å². The second-order valence-corrected chi connectivity index (χ2v) is 6.67. The predicted octanol–water partition coefficient (Wildman–Crippen LogP) is 2.93. The van der Waals surface area contributed by atoms with E-state index in [9.17, 15) is 0 Å². The molecule has 140 valence electrons. The van der Waals surface area contributed by atoms with E-state index in [1.54, 1.807) is 18.7 Å². The summed E-state index contributed by atoms with van der Waals surface area (Å²) in [5.74, 6) is 0.897. The fraction of sp³-hybridized carbons (Fsp3) is 0.333. The van der Waals surface area contributed by atoms with Crippen molar-refractivity contribution in [2.24, 2.45) is 0 Å². The van der Waals surface area contributed by atoms with Crippen molar-refractivity contribution in [3.05, 3.63) is 78.6 Å². The number of hydrogen-bond donors (Lipinski definition) is 0. The highest BCUT2D eigenvalue weighted by atomic mass is 16.5. The number of aromatic nitrogens is 3. The molecule has 0 bridgehead atoms. The Kier molecular flexibility index (Phi) is 5.76. The van der Waals surface area contributed by atoms with E-state index < -0.39 is 0 Å². The molecule has 2 aromatic heterocycles. The van der Waals surface area contributed by atoms with Gasteiger partial charge in [0.15, 0.2) is 0 Å². The van der Waals surface area contributed by atoms with Crippen molar-refractivity contribution in [3.63, 3.8) is 0 Å². The van der Waals surface area contributed by atoms with E-state index in [1.807, 2.05) is 35.2 Å². The molecule has 0 spiro atoms. The summed E-state index contributed by atoms with van der Waals surface area (Å²) in [6.07, 6.45) is 9.30. The van der Waals surface area contributed by atoms with Crippen molar-refractivity contribution < 1.29 is 9.47 Å². The van der Waals surface area contributed by atoms with Gasteiger partial charge in [0.1, 0.15) is 12.4 Å². The quantitative estimate of drug-likeness (QED) is 0.645. The Morgan fingerprint density at radius 3 is 2.81 bits per heavy atom. The SMILES string of the molecule is c1cncc([C@H]2CN(Cc3ccc(OCCn4ccnc4)cc3)CCO2)c1. The van der Waals surface area contributed by atoms with Crippen LogP contribution in [-0.2, 0) is 17.8 Å². The van der Waals surface area contributed by atoms with Crippen LogP contribution in [0, 0.1) is 0 Å². The van der Waals surface area contributed by atoms with Crippen LogP contribution < -0.4 is 4.74 Å². The van der Waals surface area contributed by atoms with E-state index in [4.69, 9.17) is 9.47 Å². The van der Waals surface area contributed by atoms with Gasteiger partial charge < -0.3 is 14.0 Å². The van der Waals surface area contributed by atoms with E-state index in [-0.39, 0.29) is 6.10 Å². The summed E-state index contributed by atoms with van der Waals surface area (Å²) in [6, 6.07) is 12.4. The Hall–Kier alpha value is -2.70. The first-order chi connectivity index (χ1) is 13.4. The number of rotatable bonds is 7. The van der Waals surface area contributed by atoms with Gasteiger partial charge >= 0.3 is 0 Å². The fourth-order valence-corrected chi connectivity index (χ4v) is 3.25. The molecule has 1 fully saturated rings. The van der Waals surface area contributed by atoms with Gasteiger partial charge in [0.25, 0.3) is 0 Å². The van der Waals surface area contributed by atoms with Crippen molar-refractivity contribution in [1.29, 1.82) is 0 Å². The minimum atomic E-state index is 0.0956. The number of benzene rings is 1. The van der Waals surface area contributed by atoms with Gasteiger partial charge in [-0.05, 0) is 23.8 Å². The van der Waals surface area contributed by atoms with Crippen molar-refractivity contribution in [1.82, 2.24) is 19.4 Å². The largest absolute Gasteiger partial charge is 0.492 e. The maximum atomic E-state index is 5.92. The van der Waals surface area contributed by atoms with E-state index in [0.717, 1.165) is 44.1 Å². The lowest BCUT2D eigenvalue weighted by Crippen LogP contribution is -2.37. The first-order valence-corrected chi connectivity index (χ1v) is 9.28. The molecule has 3 heterocycles. The van der Waals surface area contributed by atoms with Gasteiger partial charge in [0.05, 0.1) is 25.6 Å². The Balaban J connectivity index is 1.27. The summed E-state index contributed by atoms with van der Waals surface area (Å²) in [5.41, 5.74) is 2.42. The van der Waals surface area contributed by atoms with Crippen molar-refractivity contribution in [3.8, 4) is 5.75 Å². The zero-order valence-corrected chi connectivity index (χ0v) is 15.3. The lowest BCUT2D eigenvalue weighted by atomic mass is 10.1. The highest BCUT2D eigenvalue weighted by molar-refractivity contribution is 5.27. The summed E-state index contributed by atoms with van der Waals surface area (Å²) >= 11 is 0. The second kappa shape index (κ2) is 8.79. The normalized spacial score (nSPS) is 17.7. The molecule has 0 amide bonds. The average Bonchev–Trinajstić information content (AvgIpc) is 3.24. The topological polar surface area (TPSA) is 52.4 Å². The van der Waals surface area contributed by atoms with E-state index >= 15 is 0 Å². The summed E-state index contributed by atoms with van der Waals surface area (Å²) in [5, 5.41) is 0. The fourth-order valence-electron chi connectivity index (χ4n) is 3.25. The molecule has 1 aromatic carbocycles. The van der Waals surface area contributed by atoms with E-state index in [1.165, 1.54) is 5.56 Å². The van der Waals surface area contributed by atoms with E-state index in [2.05, 4.69) is 33.1 Å². The molecule has 1 saturated heterocycles. The highest BCUT2D eigenvalue weighted by Gasteiger charge is 2.22. The van der Waals surface area contributed by atoms with Crippen LogP contribution in [-0.4, -0.2) is 45.7 Å². The van der Waals surface area contributed by atoms with Crippen LogP contribution in [0.4, 0.5) is 0 Å². The maximum Gasteiger partial charge on any atom is 0.119 e. The first-order valence-electron chi connectivity index (χ1n) is 9.28. The smallest absolute Gasteiger partial charge is 0.119 e. The number of morpholine rings is 1. The van der Waals surface area contributed by atoms with Crippen LogP contribution in [0.15, 0.2) is 67.5 Å². The van der Waals surface area contributed by atoms with Crippen LogP contribution in [0.25, 0.3) is 0 Å². The molecule has 6 nitrogen and oxygen atoms in total. The third-order valence-electron chi connectivity index (χ3n) is 4.71. The molecule has 0 saturated carbocycles. The molecule has 1 aliphatic heterocycles. The van der Waals surface area contributed by atoms with Crippen LogP contribution in [0.2, 0.25) is 0 Å². The molecule has 6 heteroatoms. The number of imidazole rings is 1. The zero-order chi connectivity index (χ0) is 18.3. The maximum absolute atomic E-state index is 5.92. The molecule has 27 heavy (non-hydrogen) atoms. The number of hydrogen-bond acceptors (Lipinski definition) is 5. The van der Waals surface area contributed by atoms with Crippen LogP contribution >= 0.6 is 0 Å². The molecule has 1 atom stereocenters. The van der Waals surface area contributed by atoms with Crippen LogP contribution in [0.3, 0.4) is 0 Å². The molecule has 4 rings (SSSR count). The molecule has 1 aliphatic rings. The predicted molar refractivity (Wildman–Crippen MR) is 102 cm³/mol. The Morgan fingerprint density at radius 1 is 1.11 bits per heavy atom. The Morgan fingerprint density at radius 2 is 2.04 bits per heavy atom. The van der Waals surface area contributed by atoms with Crippen molar-refractivity contribution in [2.45, 2.75) is 19.2 Å². The van der Waals surface area contributed by atoms with Gasteiger partial charge in [-0.2, -0.15) is 0 Å². The summed E-state index contributed by atoms with van der Waals surface area (Å²) in [7, 11) is 0. The number of pyridine rings is 1. The lowest BCUT2D eigenvalue weighted by Gasteiger charge is -2.33. The minimum Gasteiger partial charge on any atom is -0.492 e. The molecule has 0 radical (unpaired) electrons. The van der Waals surface area contributed by atoms with Crippen molar-refractivity contribution >= 4 is 0 Å². The molecule has 0 N–H and O–H groups in total. The molecular formula is C21H24N4O2. The van der Waals surface area contributed by atoms with Gasteiger partial charge in [-0.3, -0.25) is 9.88 Å². The van der Waals surface area contributed by atoms with Gasteiger partial charge in [0, 0.05) is 50.0 Å². The summed E-state index contributed by atoms with van der Waals surface area (Å²) < 4.78 is 13.7. The molecular weight excluding hydrogens is 340 g/mol. The Labute approximate surface area is 159 Å². The highest BCUT2D eigenvalue weighted by Crippen LogP contribution is 2.23. The van der Waals surface area contributed by atoms with Gasteiger partial charge in [-0.1, -0.05) is 18.2 Å². The summed E-state index contributed by atoms with van der Waals surface area (Å²) in [4.78, 5) is 10.7.